The van der Waals surface area contributed by atoms with Gasteiger partial charge in [0.05, 0.1) is 16.3 Å². The highest BCUT2D eigenvalue weighted by atomic mass is 32.2. The fourth-order valence-electron chi connectivity index (χ4n) is 1.99. The highest BCUT2D eigenvalue weighted by molar-refractivity contribution is 7.99. The Bertz CT molecular complexity index is 645. The molecule has 24 heavy (non-hydrogen) atoms. The van der Waals surface area contributed by atoms with E-state index in [-0.39, 0.29) is 11.7 Å². The molecular weight excluding hydrogens is 337 g/mol. The van der Waals surface area contributed by atoms with Gasteiger partial charge in [0.15, 0.2) is 0 Å². The van der Waals surface area contributed by atoms with Gasteiger partial charge in [-0.3, -0.25) is 4.79 Å². The summed E-state index contributed by atoms with van der Waals surface area (Å²) < 4.78 is 37.3. The summed E-state index contributed by atoms with van der Waals surface area (Å²) in [6.07, 6.45) is -1.90. The summed E-state index contributed by atoms with van der Waals surface area (Å²) in [7, 11) is 0. The van der Waals surface area contributed by atoms with Crippen LogP contribution in [0.15, 0.2) is 53.7 Å². The fourth-order valence-corrected chi connectivity index (χ4v) is 2.66. The van der Waals surface area contributed by atoms with Crippen LogP contribution in [0, 0.1) is 0 Å². The summed E-state index contributed by atoms with van der Waals surface area (Å²) in [5, 5.41) is 3.18. The Kier molecular flexibility index (Phi) is 6.66. The minimum atomic E-state index is -4.40. The molecule has 0 radical (unpaired) electrons. The van der Waals surface area contributed by atoms with Crippen LogP contribution in [-0.4, -0.2) is 23.2 Å². The van der Waals surface area contributed by atoms with Gasteiger partial charge in [-0.1, -0.05) is 42.1 Å². The van der Waals surface area contributed by atoms with Gasteiger partial charge in [0.2, 0.25) is 5.91 Å². The van der Waals surface area contributed by atoms with Gasteiger partial charge in [-0.2, -0.15) is 13.2 Å². The number of halogens is 3. The fraction of sp³-hybridized carbons (Fsp3) is 0.294. The Hall–Kier alpha value is -2.02. The number of alkyl halides is 3. The van der Waals surface area contributed by atoms with Crippen LogP contribution in [-0.2, 0) is 17.4 Å². The molecule has 0 aliphatic rings. The Morgan fingerprint density at radius 2 is 1.88 bits per heavy atom. The predicted molar refractivity (Wildman–Crippen MR) is 87.7 cm³/mol. The highest BCUT2D eigenvalue weighted by Gasteiger charge is 2.30. The molecule has 2 rings (SSSR count). The van der Waals surface area contributed by atoms with Gasteiger partial charge in [-0.25, -0.2) is 4.98 Å². The normalized spacial score (nSPS) is 11.3. The maximum Gasteiger partial charge on any atom is 0.417 e. The third-order valence-corrected chi connectivity index (χ3v) is 4.17. The van der Waals surface area contributed by atoms with Gasteiger partial charge >= 0.3 is 6.18 Å². The third-order valence-electron chi connectivity index (χ3n) is 3.22. The first-order chi connectivity index (χ1) is 11.4. The molecule has 0 aliphatic heterocycles. The van der Waals surface area contributed by atoms with E-state index in [9.17, 15) is 18.0 Å². The quantitative estimate of drug-likeness (QED) is 0.605. The maximum absolute atomic E-state index is 12.4. The van der Waals surface area contributed by atoms with Gasteiger partial charge in [0.1, 0.15) is 0 Å². The molecule has 1 heterocycles. The number of amides is 1. The molecule has 1 aromatic heterocycles. The molecule has 3 nitrogen and oxygen atoms in total. The number of hydrogen-bond acceptors (Lipinski definition) is 3. The Labute approximate surface area is 142 Å². The smallest absolute Gasteiger partial charge is 0.355 e. The first kappa shape index (κ1) is 18.3. The first-order valence-corrected chi connectivity index (χ1v) is 8.40. The molecule has 0 atom stereocenters. The summed E-state index contributed by atoms with van der Waals surface area (Å²) in [6.45, 7) is 0.564. The van der Waals surface area contributed by atoms with Crippen LogP contribution < -0.4 is 5.32 Å². The van der Waals surface area contributed by atoms with Crippen LogP contribution in [0.1, 0.15) is 17.5 Å². The number of nitrogens with zero attached hydrogens (tertiary/aromatic N) is 1. The summed E-state index contributed by atoms with van der Waals surface area (Å²) >= 11 is 1.11. The van der Waals surface area contributed by atoms with E-state index in [4.69, 9.17) is 0 Å². The minimum Gasteiger partial charge on any atom is -0.355 e. The molecule has 0 spiro atoms. The topological polar surface area (TPSA) is 42.0 Å². The second-order valence-electron chi connectivity index (χ2n) is 5.11. The van der Waals surface area contributed by atoms with Crippen LogP contribution >= 0.6 is 11.8 Å². The Balaban J connectivity index is 1.66. The Morgan fingerprint density at radius 3 is 2.50 bits per heavy atom. The number of benzene rings is 1. The van der Waals surface area contributed by atoms with E-state index in [2.05, 4.69) is 10.3 Å². The molecule has 0 fully saturated rings. The number of thioether (sulfide) groups is 1. The number of carbonyl (C=O) groups excluding carboxylic acids is 1. The van der Waals surface area contributed by atoms with E-state index < -0.39 is 11.7 Å². The van der Waals surface area contributed by atoms with Crippen molar-refractivity contribution in [3.8, 4) is 0 Å². The van der Waals surface area contributed by atoms with Crippen LogP contribution in [0.3, 0.4) is 0 Å². The lowest BCUT2D eigenvalue weighted by Crippen LogP contribution is -2.26. The molecule has 1 aromatic carbocycles. The van der Waals surface area contributed by atoms with Crippen molar-refractivity contribution in [3.05, 3.63) is 59.8 Å². The van der Waals surface area contributed by atoms with E-state index in [1.54, 1.807) is 0 Å². The monoisotopic (exact) mass is 354 g/mol. The minimum absolute atomic E-state index is 0.129. The molecule has 7 heteroatoms. The standard InChI is InChI=1S/C17H17F3N2OS/c18-17(19,20)14-8-9-16(22-11-14)24-12-15(23)21-10-4-7-13-5-2-1-3-6-13/h1-3,5-6,8-9,11H,4,7,10,12H2,(H,21,23). The average molecular weight is 354 g/mol. The first-order valence-electron chi connectivity index (χ1n) is 7.42. The van der Waals surface area contributed by atoms with E-state index >= 15 is 0 Å². The van der Waals surface area contributed by atoms with Gasteiger partial charge in [-0.05, 0) is 30.5 Å². The lowest BCUT2D eigenvalue weighted by atomic mass is 10.1. The molecular formula is C17H17F3N2OS. The van der Waals surface area contributed by atoms with Crippen LogP contribution in [0.25, 0.3) is 0 Å². The number of aromatic nitrogens is 1. The van der Waals surface area contributed by atoms with Crippen molar-refractivity contribution < 1.29 is 18.0 Å². The third kappa shape index (κ3) is 6.23. The van der Waals surface area contributed by atoms with Crippen molar-refractivity contribution in [3.63, 3.8) is 0 Å². The molecule has 0 bridgehead atoms. The summed E-state index contributed by atoms with van der Waals surface area (Å²) in [6, 6.07) is 12.2. The lowest BCUT2D eigenvalue weighted by molar-refractivity contribution is -0.137. The predicted octanol–water partition coefficient (Wildman–Crippen LogP) is 3.94. The zero-order valence-electron chi connectivity index (χ0n) is 12.8. The lowest BCUT2D eigenvalue weighted by Gasteiger charge is -2.07. The number of aryl methyl sites for hydroxylation is 1. The number of hydrogen-bond donors (Lipinski definition) is 1. The van der Waals surface area contributed by atoms with Crippen LogP contribution in [0.2, 0.25) is 0 Å². The van der Waals surface area contributed by atoms with Crippen molar-refractivity contribution in [2.24, 2.45) is 0 Å². The molecule has 0 saturated heterocycles. The molecule has 0 unspecified atom stereocenters. The zero-order chi connectivity index (χ0) is 17.4. The molecule has 2 aromatic rings. The highest BCUT2D eigenvalue weighted by Crippen LogP contribution is 2.29. The molecule has 1 amide bonds. The number of carbonyl (C=O) groups is 1. The Morgan fingerprint density at radius 1 is 1.12 bits per heavy atom. The second kappa shape index (κ2) is 8.73. The van der Waals surface area contributed by atoms with Gasteiger partial charge in [-0.15, -0.1) is 0 Å². The molecule has 0 aliphatic carbocycles. The summed E-state index contributed by atoms with van der Waals surface area (Å²) in [5.74, 6) is -0.0290. The maximum atomic E-state index is 12.4. The molecule has 1 N–H and O–H groups in total. The number of rotatable bonds is 7. The van der Waals surface area contributed by atoms with Crippen molar-refractivity contribution in [1.29, 1.82) is 0 Å². The molecule has 0 saturated carbocycles. The van der Waals surface area contributed by atoms with Crippen molar-refractivity contribution in [2.45, 2.75) is 24.0 Å². The van der Waals surface area contributed by atoms with Gasteiger partial charge in [0.25, 0.3) is 0 Å². The summed E-state index contributed by atoms with van der Waals surface area (Å²) in [4.78, 5) is 15.4. The van der Waals surface area contributed by atoms with E-state index in [0.717, 1.165) is 36.9 Å². The number of nitrogens with one attached hydrogen (secondary N) is 1. The summed E-state index contributed by atoms with van der Waals surface area (Å²) in [5.41, 5.74) is 0.423. The van der Waals surface area contributed by atoms with E-state index in [0.29, 0.717) is 11.6 Å². The second-order valence-corrected chi connectivity index (χ2v) is 6.11. The van der Waals surface area contributed by atoms with E-state index in [1.807, 2.05) is 30.3 Å². The zero-order valence-corrected chi connectivity index (χ0v) is 13.7. The largest absolute Gasteiger partial charge is 0.417 e. The van der Waals surface area contributed by atoms with Crippen molar-refractivity contribution >= 4 is 17.7 Å². The van der Waals surface area contributed by atoms with Crippen molar-refractivity contribution in [1.82, 2.24) is 10.3 Å². The van der Waals surface area contributed by atoms with E-state index in [1.165, 1.54) is 11.6 Å². The van der Waals surface area contributed by atoms with Gasteiger partial charge in [0, 0.05) is 12.7 Å². The van der Waals surface area contributed by atoms with Crippen molar-refractivity contribution in [2.75, 3.05) is 12.3 Å². The van der Waals surface area contributed by atoms with Gasteiger partial charge < -0.3 is 5.32 Å². The molecule has 128 valence electrons. The SMILES string of the molecule is O=C(CSc1ccc(C(F)(F)F)cn1)NCCCc1ccccc1. The van der Waals surface area contributed by atoms with Crippen LogP contribution in [0.4, 0.5) is 13.2 Å². The number of pyridine rings is 1. The van der Waals surface area contributed by atoms with Crippen LogP contribution in [0.5, 0.6) is 0 Å². The average Bonchev–Trinajstić information content (AvgIpc) is 2.57.